The molecule has 1 fully saturated rings. The van der Waals surface area contributed by atoms with E-state index in [1.54, 1.807) is 49.9 Å². The van der Waals surface area contributed by atoms with Gasteiger partial charge in [-0.2, -0.15) is 5.10 Å². The number of rotatable bonds is 3. The van der Waals surface area contributed by atoms with E-state index in [9.17, 15) is 14.7 Å². The SMILES string of the molecule is [2H]C([2H])([2H])N1C(=O)c2cccc(O)c2[C@H]2C[C@@H]1c1nn3ccc(-c4cnc(C5(NC(=O)OC(C)(C)C)CC(C)([N+]#[C-])C5)nc4)nc3c12. The molecule has 1 aromatic carbocycles. The van der Waals surface area contributed by atoms with E-state index < -0.39 is 47.6 Å². The normalized spacial score (nSPS) is 26.8. The highest BCUT2D eigenvalue weighted by molar-refractivity contribution is 5.98. The van der Waals surface area contributed by atoms with Crippen LogP contribution in [0, 0.1) is 6.57 Å². The molecule has 0 unspecified atom stereocenters. The molecule has 224 valence electrons. The molecular formula is C32H32N8O4. The molecule has 0 spiro atoms. The number of carbonyl (C=O) groups excluding carboxylic acids is 2. The molecule has 3 aromatic heterocycles. The number of hydrogen-bond acceptors (Lipinski definition) is 8. The lowest BCUT2D eigenvalue weighted by atomic mass is 9.63. The Bertz CT molecular complexity index is 2010. The minimum absolute atomic E-state index is 0.0986. The average Bonchev–Trinajstić information content (AvgIpc) is 3.47. The number of aromatic nitrogens is 5. The van der Waals surface area contributed by atoms with Gasteiger partial charge in [-0.05, 0) is 45.4 Å². The smallest absolute Gasteiger partial charge is 0.408 e. The maximum absolute atomic E-state index is 13.5. The van der Waals surface area contributed by atoms with Crippen molar-refractivity contribution in [2.75, 3.05) is 6.98 Å². The fourth-order valence-electron chi connectivity index (χ4n) is 6.86. The lowest BCUT2D eigenvalue weighted by Crippen LogP contribution is -2.62. The van der Waals surface area contributed by atoms with E-state index in [2.05, 4.69) is 25.2 Å². The van der Waals surface area contributed by atoms with Crippen LogP contribution in [-0.2, 0) is 10.3 Å². The largest absolute Gasteiger partial charge is 0.508 e. The van der Waals surface area contributed by atoms with Crippen LogP contribution in [0.1, 0.15) is 96.0 Å². The summed E-state index contributed by atoms with van der Waals surface area (Å²) in [7, 11) is 0. The van der Waals surface area contributed by atoms with Gasteiger partial charge in [-0.1, -0.05) is 6.07 Å². The Kier molecular flexibility index (Phi) is 5.11. The van der Waals surface area contributed by atoms with Gasteiger partial charge >= 0.3 is 6.09 Å². The van der Waals surface area contributed by atoms with Gasteiger partial charge in [-0.3, -0.25) is 4.79 Å². The summed E-state index contributed by atoms with van der Waals surface area (Å²) >= 11 is 0. The summed E-state index contributed by atoms with van der Waals surface area (Å²) in [5.74, 6) is -0.945. The highest BCUT2D eigenvalue weighted by atomic mass is 16.6. The van der Waals surface area contributed by atoms with Gasteiger partial charge in [0.15, 0.2) is 11.5 Å². The molecule has 0 saturated heterocycles. The number of hydrogen-bond donors (Lipinski definition) is 2. The Morgan fingerprint density at radius 2 is 1.98 bits per heavy atom. The zero-order chi connectivity index (χ0) is 33.7. The molecule has 3 aliphatic rings. The number of nitrogens with one attached hydrogen (secondary N) is 1. The molecule has 2 bridgehead atoms. The Labute approximate surface area is 258 Å². The number of aromatic hydroxyl groups is 1. The first-order valence-electron chi connectivity index (χ1n) is 15.8. The number of nitrogens with zero attached hydrogens (tertiary/aromatic N) is 7. The van der Waals surface area contributed by atoms with Crippen molar-refractivity contribution in [2.24, 2.45) is 0 Å². The van der Waals surface area contributed by atoms with Gasteiger partial charge in [0.2, 0.25) is 5.54 Å². The summed E-state index contributed by atoms with van der Waals surface area (Å²) in [5.41, 5.74) is 0.762. The van der Waals surface area contributed by atoms with E-state index >= 15 is 0 Å². The summed E-state index contributed by atoms with van der Waals surface area (Å²) in [6.07, 6.45) is 5.16. The average molecular weight is 596 g/mol. The third-order valence-corrected chi connectivity index (χ3v) is 8.62. The van der Waals surface area contributed by atoms with Gasteiger partial charge < -0.3 is 24.9 Å². The molecule has 2 amide bonds. The number of phenolic OH excluding ortho intramolecular Hbond substituents is 1. The third kappa shape index (κ3) is 4.17. The first kappa shape index (κ1) is 24.4. The van der Waals surface area contributed by atoms with Gasteiger partial charge in [-0.25, -0.2) is 30.8 Å². The third-order valence-electron chi connectivity index (χ3n) is 8.62. The van der Waals surface area contributed by atoms with Crippen molar-refractivity contribution in [1.82, 2.24) is 34.8 Å². The van der Waals surface area contributed by atoms with Gasteiger partial charge in [0.25, 0.3) is 5.91 Å². The van der Waals surface area contributed by atoms with Crippen molar-refractivity contribution >= 4 is 17.6 Å². The molecule has 4 aromatic rings. The predicted octanol–water partition coefficient (Wildman–Crippen LogP) is 4.75. The molecule has 0 radical (unpaired) electrons. The van der Waals surface area contributed by atoms with Crippen molar-refractivity contribution in [3.05, 3.63) is 82.5 Å². The molecule has 2 aliphatic carbocycles. The Balaban J connectivity index is 1.27. The molecule has 1 saturated carbocycles. The number of benzene rings is 1. The highest BCUT2D eigenvalue weighted by Crippen LogP contribution is 2.53. The van der Waals surface area contributed by atoms with Crippen LogP contribution in [0.5, 0.6) is 5.75 Å². The second-order valence-corrected chi connectivity index (χ2v) is 13.1. The van der Waals surface area contributed by atoms with Crippen LogP contribution in [0.4, 0.5) is 4.79 Å². The van der Waals surface area contributed by atoms with Gasteiger partial charge in [0.05, 0.1) is 30.3 Å². The van der Waals surface area contributed by atoms with Gasteiger partial charge in [0, 0.05) is 64.8 Å². The molecule has 2 N–H and O–H groups in total. The van der Waals surface area contributed by atoms with E-state index in [-0.39, 0.29) is 17.7 Å². The van der Waals surface area contributed by atoms with Crippen molar-refractivity contribution < 1.29 is 23.5 Å². The fourth-order valence-corrected chi connectivity index (χ4v) is 6.86. The van der Waals surface area contributed by atoms with Crippen LogP contribution in [0.25, 0.3) is 21.7 Å². The number of amides is 2. The lowest BCUT2D eigenvalue weighted by Gasteiger charge is -2.46. The number of ether oxygens (including phenoxy) is 1. The molecule has 4 heterocycles. The second-order valence-electron chi connectivity index (χ2n) is 13.1. The minimum Gasteiger partial charge on any atom is -0.508 e. The van der Waals surface area contributed by atoms with Crippen molar-refractivity contribution in [2.45, 2.75) is 75.6 Å². The van der Waals surface area contributed by atoms with Crippen LogP contribution in [-0.4, -0.2) is 64.7 Å². The van der Waals surface area contributed by atoms with Crippen LogP contribution in [0.2, 0.25) is 0 Å². The lowest BCUT2D eigenvalue weighted by molar-refractivity contribution is 0.0273. The molecule has 12 nitrogen and oxygen atoms in total. The molecule has 2 atom stereocenters. The molecule has 1 aliphatic heterocycles. The summed E-state index contributed by atoms with van der Waals surface area (Å²) in [6.45, 7) is 12.0. The van der Waals surface area contributed by atoms with Gasteiger partial charge in [-0.15, -0.1) is 0 Å². The van der Waals surface area contributed by atoms with E-state index in [1.807, 2.05) is 6.92 Å². The van der Waals surface area contributed by atoms with Crippen molar-refractivity contribution in [1.29, 1.82) is 0 Å². The van der Waals surface area contributed by atoms with Gasteiger partial charge in [0.1, 0.15) is 16.9 Å². The molecule has 44 heavy (non-hydrogen) atoms. The highest BCUT2D eigenvalue weighted by Gasteiger charge is 2.61. The fraction of sp³-hybridized carbons (Fsp3) is 0.406. The number of fused-ring (bicyclic) bond motifs is 9. The zero-order valence-electron chi connectivity index (χ0n) is 27.6. The van der Waals surface area contributed by atoms with E-state index in [0.29, 0.717) is 52.4 Å². The zero-order valence-corrected chi connectivity index (χ0v) is 24.6. The number of alkyl carbamates (subject to hydrolysis) is 1. The van der Waals surface area contributed by atoms with Crippen molar-refractivity contribution in [3.8, 4) is 17.0 Å². The topological polar surface area (TPSA) is 139 Å². The van der Waals surface area contributed by atoms with Crippen molar-refractivity contribution in [3.63, 3.8) is 0 Å². The molecular weight excluding hydrogens is 560 g/mol. The number of carbonyl (C=O) groups is 2. The monoisotopic (exact) mass is 595 g/mol. The predicted molar refractivity (Wildman–Crippen MR) is 159 cm³/mol. The maximum atomic E-state index is 13.5. The summed E-state index contributed by atoms with van der Waals surface area (Å²) < 4.78 is 31.6. The Hall–Kier alpha value is -5.05. The van der Waals surface area contributed by atoms with E-state index in [4.69, 9.17) is 20.4 Å². The van der Waals surface area contributed by atoms with Crippen LogP contribution in [0.15, 0.2) is 42.9 Å². The molecule has 7 rings (SSSR count). The first-order valence-corrected chi connectivity index (χ1v) is 14.3. The second kappa shape index (κ2) is 9.22. The van der Waals surface area contributed by atoms with E-state index in [0.717, 1.165) is 4.90 Å². The molecule has 12 heteroatoms. The Morgan fingerprint density at radius 3 is 2.66 bits per heavy atom. The summed E-state index contributed by atoms with van der Waals surface area (Å²) in [5, 5.41) is 18.5. The maximum Gasteiger partial charge on any atom is 0.408 e. The number of phenols is 1. The Morgan fingerprint density at radius 1 is 1.23 bits per heavy atom. The van der Waals surface area contributed by atoms with Crippen LogP contribution < -0.4 is 5.32 Å². The quantitative estimate of drug-likeness (QED) is 0.324. The van der Waals surface area contributed by atoms with Crippen LogP contribution >= 0.6 is 0 Å². The summed E-state index contributed by atoms with van der Waals surface area (Å²) in [4.78, 5) is 45.0. The first-order chi connectivity index (χ1) is 22.0. The van der Waals surface area contributed by atoms with E-state index in [1.165, 1.54) is 18.2 Å². The standard InChI is InChI=1S/C32H32N8O4/c1-30(2,3)44-29(43)37-32(15-31(4,16-32)33-5)28-34-13-17(14-35-28)20-10-11-40-26(36-20)24-19-12-21(25(24)38-40)39(6)27(42)18-8-7-9-22(41)23(18)19/h7-11,13-14,19,21,41H,12,15-16H2,1-4,6H3,(H,37,43)/t19-,21-,31?,32?/m1/s1/i6D3. The van der Waals surface area contributed by atoms with Crippen LogP contribution in [0.3, 0.4) is 0 Å². The minimum atomic E-state index is -2.74. The summed E-state index contributed by atoms with van der Waals surface area (Å²) in [6, 6.07) is 5.43.